The SMILES string of the molecule is C=C(C)CN(C)CC(C)(N)C1CC1. The lowest BCUT2D eigenvalue weighted by molar-refractivity contribution is 0.252. The molecule has 1 fully saturated rings. The fourth-order valence-electron chi connectivity index (χ4n) is 1.97. The molecule has 0 amide bonds. The van der Waals surface area contributed by atoms with Crippen LogP contribution in [0.25, 0.3) is 0 Å². The van der Waals surface area contributed by atoms with Gasteiger partial charge < -0.3 is 10.6 Å². The van der Waals surface area contributed by atoms with E-state index >= 15 is 0 Å². The van der Waals surface area contributed by atoms with E-state index in [1.54, 1.807) is 0 Å². The summed E-state index contributed by atoms with van der Waals surface area (Å²) in [6, 6.07) is 0. The molecule has 76 valence electrons. The van der Waals surface area contributed by atoms with Crippen LogP contribution in [0.4, 0.5) is 0 Å². The second-order valence-corrected chi connectivity index (χ2v) is 4.91. The Bertz CT molecular complexity index is 192. The summed E-state index contributed by atoms with van der Waals surface area (Å²) in [7, 11) is 2.11. The minimum Gasteiger partial charge on any atom is -0.324 e. The van der Waals surface area contributed by atoms with Crippen LogP contribution in [-0.4, -0.2) is 30.6 Å². The third-order valence-electron chi connectivity index (χ3n) is 2.66. The largest absolute Gasteiger partial charge is 0.324 e. The highest BCUT2D eigenvalue weighted by atomic mass is 15.1. The van der Waals surface area contributed by atoms with E-state index in [0.29, 0.717) is 0 Å². The predicted octanol–water partition coefficient (Wildman–Crippen LogP) is 1.62. The van der Waals surface area contributed by atoms with Gasteiger partial charge in [0.2, 0.25) is 0 Å². The Kier molecular flexibility index (Phi) is 3.14. The van der Waals surface area contributed by atoms with Crippen molar-refractivity contribution in [2.45, 2.75) is 32.2 Å². The first-order valence-corrected chi connectivity index (χ1v) is 5.03. The van der Waals surface area contributed by atoms with Crippen molar-refractivity contribution >= 4 is 0 Å². The second-order valence-electron chi connectivity index (χ2n) is 4.91. The minimum atomic E-state index is 0.00417. The Balaban J connectivity index is 2.33. The van der Waals surface area contributed by atoms with Gasteiger partial charge in [0.25, 0.3) is 0 Å². The molecule has 1 saturated carbocycles. The van der Waals surface area contributed by atoms with E-state index in [1.165, 1.54) is 18.4 Å². The number of hydrogen-bond acceptors (Lipinski definition) is 2. The van der Waals surface area contributed by atoms with Crippen LogP contribution in [-0.2, 0) is 0 Å². The maximum atomic E-state index is 6.23. The molecule has 0 bridgehead atoms. The molecule has 0 spiro atoms. The lowest BCUT2D eigenvalue weighted by Gasteiger charge is -2.30. The van der Waals surface area contributed by atoms with Crippen molar-refractivity contribution in [3.8, 4) is 0 Å². The third kappa shape index (κ3) is 3.49. The number of nitrogens with two attached hydrogens (primary N) is 1. The summed E-state index contributed by atoms with van der Waals surface area (Å²) < 4.78 is 0. The first-order chi connectivity index (χ1) is 5.92. The molecule has 2 N–H and O–H groups in total. The molecule has 1 atom stereocenters. The van der Waals surface area contributed by atoms with Gasteiger partial charge in [0, 0.05) is 18.6 Å². The van der Waals surface area contributed by atoms with E-state index in [9.17, 15) is 0 Å². The van der Waals surface area contributed by atoms with Gasteiger partial charge in [-0.1, -0.05) is 12.2 Å². The Hall–Kier alpha value is -0.340. The Morgan fingerprint density at radius 2 is 2.15 bits per heavy atom. The molecule has 1 aliphatic carbocycles. The van der Waals surface area contributed by atoms with Crippen LogP contribution >= 0.6 is 0 Å². The van der Waals surface area contributed by atoms with E-state index in [1.807, 2.05) is 0 Å². The van der Waals surface area contributed by atoms with Gasteiger partial charge >= 0.3 is 0 Å². The van der Waals surface area contributed by atoms with Crippen LogP contribution in [0.15, 0.2) is 12.2 Å². The van der Waals surface area contributed by atoms with Crippen molar-refractivity contribution in [3.05, 3.63) is 12.2 Å². The number of likely N-dealkylation sites (N-methyl/N-ethyl adjacent to an activating group) is 1. The molecule has 0 aromatic carbocycles. The molecule has 1 unspecified atom stereocenters. The quantitative estimate of drug-likeness (QED) is 0.655. The maximum Gasteiger partial charge on any atom is 0.0283 e. The van der Waals surface area contributed by atoms with Gasteiger partial charge in [-0.3, -0.25) is 0 Å². The molecule has 2 nitrogen and oxygen atoms in total. The van der Waals surface area contributed by atoms with Crippen molar-refractivity contribution in [1.29, 1.82) is 0 Å². The zero-order valence-electron chi connectivity index (χ0n) is 9.14. The zero-order chi connectivity index (χ0) is 10.1. The Morgan fingerprint density at radius 1 is 1.62 bits per heavy atom. The van der Waals surface area contributed by atoms with Crippen LogP contribution in [0, 0.1) is 5.92 Å². The van der Waals surface area contributed by atoms with Gasteiger partial charge in [-0.25, -0.2) is 0 Å². The minimum absolute atomic E-state index is 0.00417. The molecular weight excluding hydrogens is 160 g/mol. The number of nitrogens with zero attached hydrogens (tertiary/aromatic N) is 1. The standard InChI is InChI=1S/C11H22N2/c1-9(2)7-13(4)8-11(3,12)10-5-6-10/h10H,1,5-8,12H2,2-4H3. The molecule has 13 heavy (non-hydrogen) atoms. The monoisotopic (exact) mass is 182 g/mol. The van der Waals surface area contributed by atoms with E-state index in [4.69, 9.17) is 5.73 Å². The fraction of sp³-hybridized carbons (Fsp3) is 0.818. The van der Waals surface area contributed by atoms with Gasteiger partial charge in [-0.05, 0) is 39.7 Å². The second kappa shape index (κ2) is 3.81. The van der Waals surface area contributed by atoms with Crippen molar-refractivity contribution in [1.82, 2.24) is 4.90 Å². The van der Waals surface area contributed by atoms with Crippen LogP contribution in [0.5, 0.6) is 0 Å². The molecule has 0 heterocycles. The van der Waals surface area contributed by atoms with E-state index in [0.717, 1.165) is 19.0 Å². The average Bonchev–Trinajstić information content (AvgIpc) is 2.60. The van der Waals surface area contributed by atoms with Gasteiger partial charge in [0.1, 0.15) is 0 Å². The van der Waals surface area contributed by atoms with E-state index in [2.05, 4.69) is 32.4 Å². The molecular formula is C11H22N2. The summed E-state index contributed by atoms with van der Waals surface area (Å²) in [6.45, 7) is 10.1. The lowest BCUT2D eigenvalue weighted by atomic mass is 9.96. The summed E-state index contributed by atoms with van der Waals surface area (Å²) in [5, 5.41) is 0. The van der Waals surface area contributed by atoms with Crippen molar-refractivity contribution < 1.29 is 0 Å². The van der Waals surface area contributed by atoms with Crippen LogP contribution in [0.2, 0.25) is 0 Å². The molecule has 0 aromatic heterocycles. The normalized spacial score (nSPS) is 21.6. The molecule has 1 aliphatic rings. The molecule has 2 heteroatoms. The molecule has 0 radical (unpaired) electrons. The summed E-state index contributed by atoms with van der Waals surface area (Å²) >= 11 is 0. The predicted molar refractivity (Wildman–Crippen MR) is 57.6 cm³/mol. The zero-order valence-corrected chi connectivity index (χ0v) is 9.14. The summed E-state index contributed by atoms with van der Waals surface area (Å²) in [5.41, 5.74) is 7.43. The third-order valence-corrected chi connectivity index (χ3v) is 2.66. The van der Waals surface area contributed by atoms with E-state index < -0.39 is 0 Å². The first-order valence-electron chi connectivity index (χ1n) is 5.03. The van der Waals surface area contributed by atoms with Gasteiger partial charge in [0.15, 0.2) is 0 Å². The lowest BCUT2D eigenvalue weighted by Crippen LogP contribution is -2.48. The smallest absolute Gasteiger partial charge is 0.0283 e. The topological polar surface area (TPSA) is 29.3 Å². The average molecular weight is 182 g/mol. The Morgan fingerprint density at radius 3 is 2.54 bits per heavy atom. The van der Waals surface area contributed by atoms with Gasteiger partial charge in [-0.15, -0.1) is 0 Å². The van der Waals surface area contributed by atoms with Crippen molar-refractivity contribution in [2.24, 2.45) is 11.7 Å². The van der Waals surface area contributed by atoms with Crippen LogP contribution in [0.3, 0.4) is 0 Å². The highest BCUT2D eigenvalue weighted by Gasteiger charge is 2.38. The van der Waals surface area contributed by atoms with Crippen LogP contribution in [0.1, 0.15) is 26.7 Å². The van der Waals surface area contributed by atoms with Crippen molar-refractivity contribution in [2.75, 3.05) is 20.1 Å². The maximum absolute atomic E-state index is 6.23. The molecule has 1 rings (SSSR count). The highest BCUT2D eigenvalue weighted by molar-refractivity contribution is 4.99. The summed E-state index contributed by atoms with van der Waals surface area (Å²) in [5.74, 6) is 0.750. The van der Waals surface area contributed by atoms with Gasteiger partial charge in [0.05, 0.1) is 0 Å². The fourth-order valence-corrected chi connectivity index (χ4v) is 1.97. The molecule has 0 aromatic rings. The van der Waals surface area contributed by atoms with Gasteiger partial charge in [-0.2, -0.15) is 0 Å². The molecule has 0 aliphatic heterocycles. The number of hydrogen-bond donors (Lipinski definition) is 1. The van der Waals surface area contributed by atoms with E-state index in [-0.39, 0.29) is 5.54 Å². The highest BCUT2D eigenvalue weighted by Crippen LogP contribution is 2.38. The summed E-state index contributed by atoms with van der Waals surface area (Å²) in [4.78, 5) is 2.26. The van der Waals surface area contributed by atoms with Crippen molar-refractivity contribution in [3.63, 3.8) is 0 Å². The van der Waals surface area contributed by atoms with Crippen LogP contribution < -0.4 is 5.73 Å². The first kappa shape index (κ1) is 10.7. The summed E-state index contributed by atoms with van der Waals surface area (Å²) in [6.07, 6.45) is 2.63. The number of rotatable bonds is 5. The Labute approximate surface area is 81.8 Å². The molecule has 0 saturated heterocycles.